The molecular weight excluding hydrogens is 538 g/mol. The quantitative estimate of drug-likeness (QED) is 0.373. The summed E-state index contributed by atoms with van der Waals surface area (Å²) in [5.41, 5.74) is 2.16. The van der Waals surface area contributed by atoms with Crippen molar-refractivity contribution in [3.63, 3.8) is 0 Å². The van der Waals surface area contributed by atoms with E-state index in [9.17, 15) is 9.90 Å². The third-order valence-electron chi connectivity index (χ3n) is 3.49. The lowest BCUT2D eigenvalue weighted by Gasteiger charge is -2.02. The van der Waals surface area contributed by atoms with E-state index >= 15 is 0 Å². The van der Waals surface area contributed by atoms with Crippen LogP contribution in [-0.2, 0) is 0 Å². The fraction of sp³-hybridized carbons (Fsp3) is 0. The molecule has 23 heavy (non-hydrogen) atoms. The Hall–Kier alpha value is -1.20. The topological polar surface area (TPSA) is 54.6 Å². The number of fused-ring (bicyclic) bond motifs is 3. The number of nitrogens with zero attached hydrogens (tertiary/aromatic N) is 2. The van der Waals surface area contributed by atoms with Crippen molar-refractivity contribution in [2.24, 2.45) is 0 Å². The first-order chi connectivity index (χ1) is 11.0. The number of benzene rings is 2. The van der Waals surface area contributed by atoms with Gasteiger partial charge in [-0.2, -0.15) is 0 Å². The first-order valence-electron chi connectivity index (χ1n) is 6.64. The second kappa shape index (κ2) is 5.71. The molecule has 0 aliphatic heterocycles. The van der Waals surface area contributed by atoms with Gasteiger partial charge in [0.05, 0.1) is 19.1 Å². The van der Waals surface area contributed by atoms with Crippen LogP contribution in [-0.4, -0.2) is 14.5 Å². The van der Waals surface area contributed by atoms with Crippen molar-refractivity contribution >= 4 is 78.6 Å². The number of halogens is 2. The Bertz CT molecular complexity index is 1180. The van der Waals surface area contributed by atoms with Gasteiger partial charge in [-0.05, 0) is 75.5 Å². The van der Waals surface area contributed by atoms with Crippen LogP contribution in [0.1, 0.15) is 5.56 Å². The smallest absolute Gasteiger partial charge is 0.274 e. The molecule has 0 atom stereocenters. The molecule has 0 unspecified atom stereocenters. The highest BCUT2D eigenvalue weighted by molar-refractivity contribution is 14.1. The van der Waals surface area contributed by atoms with Gasteiger partial charge in [0.15, 0.2) is 4.96 Å². The predicted octanol–water partition coefficient (Wildman–Crippen LogP) is 3.37. The molecule has 0 fully saturated rings. The van der Waals surface area contributed by atoms with E-state index in [2.05, 4.69) is 50.2 Å². The summed E-state index contributed by atoms with van der Waals surface area (Å²) >= 11 is 5.61. The van der Waals surface area contributed by atoms with Crippen molar-refractivity contribution in [2.75, 3.05) is 0 Å². The Morgan fingerprint density at radius 3 is 2.83 bits per heavy atom. The highest BCUT2D eigenvalue weighted by Crippen LogP contribution is 2.27. The van der Waals surface area contributed by atoms with Crippen LogP contribution in [0.3, 0.4) is 0 Å². The number of para-hydroxylation sites is 2. The van der Waals surface area contributed by atoms with Gasteiger partial charge in [0, 0.05) is 9.13 Å². The molecule has 114 valence electrons. The summed E-state index contributed by atoms with van der Waals surface area (Å²) in [5.74, 6) is 0.196. The fourth-order valence-corrected chi connectivity index (χ4v) is 5.32. The Labute approximate surface area is 161 Å². The molecule has 0 saturated carbocycles. The number of aromatic nitrogens is 2. The van der Waals surface area contributed by atoms with Crippen molar-refractivity contribution in [3.05, 3.63) is 64.0 Å². The zero-order valence-corrected chi connectivity index (χ0v) is 16.6. The van der Waals surface area contributed by atoms with Gasteiger partial charge < -0.3 is 5.11 Å². The van der Waals surface area contributed by atoms with Crippen LogP contribution in [0.25, 0.3) is 22.1 Å². The summed E-state index contributed by atoms with van der Waals surface area (Å²) < 4.78 is 3.96. The van der Waals surface area contributed by atoms with Crippen molar-refractivity contribution in [3.8, 4) is 5.75 Å². The minimum Gasteiger partial charge on any atom is -0.506 e. The van der Waals surface area contributed by atoms with Crippen LogP contribution in [0, 0.1) is 7.14 Å². The second-order valence-electron chi connectivity index (χ2n) is 4.96. The SMILES string of the molecule is O=c1c(=Cc2cc(I)cc(I)c2O)sc2nc3ccccc3n12. The molecular formula is C16H8I2N2O2S. The van der Waals surface area contributed by atoms with E-state index in [0.29, 0.717) is 15.1 Å². The van der Waals surface area contributed by atoms with E-state index in [1.807, 2.05) is 36.4 Å². The molecule has 4 rings (SSSR count). The molecule has 7 heteroatoms. The van der Waals surface area contributed by atoms with E-state index in [1.54, 1.807) is 10.5 Å². The van der Waals surface area contributed by atoms with Crippen LogP contribution in [0.4, 0.5) is 0 Å². The predicted molar refractivity (Wildman–Crippen MR) is 109 cm³/mol. The number of aromatic hydroxyl groups is 1. The summed E-state index contributed by atoms with van der Waals surface area (Å²) in [7, 11) is 0. The number of phenolic OH excluding ortho intramolecular Hbond substituents is 1. The van der Waals surface area contributed by atoms with E-state index in [4.69, 9.17) is 0 Å². The number of hydrogen-bond donors (Lipinski definition) is 1. The number of imidazole rings is 1. The Kier molecular flexibility index (Phi) is 3.81. The van der Waals surface area contributed by atoms with Crippen LogP contribution >= 0.6 is 56.5 Å². The first kappa shape index (κ1) is 15.3. The lowest BCUT2D eigenvalue weighted by molar-refractivity contribution is 0.470. The third-order valence-corrected chi connectivity index (χ3v) is 5.90. The fourth-order valence-electron chi connectivity index (χ4n) is 2.45. The van der Waals surface area contributed by atoms with Gasteiger partial charge in [-0.15, -0.1) is 0 Å². The average molecular weight is 546 g/mol. The molecule has 4 aromatic rings. The van der Waals surface area contributed by atoms with Crippen molar-refractivity contribution in [2.45, 2.75) is 0 Å². The van der Waals surface area contributed by atoms with Crippen molar-refractivity contribution in [1.29, 1.82) is 0 Å². The highest BCUT2D eigenvalue weighted by atomic mass is 127. The van der Waals surface area contributed by atoms with Gasteiger partial charge in [-0.1, -0.05) is 23.5 Å². The molecule has 2 aromatic carbocycles. The van der Waals surface area contributed by atoms with Gasteiger partial charge in [-0.25, -0.2) is 9.38 Å². The van der Waals surface area contributed by atoms with E-state index in [1.165, 1.54) is 11.3 Å². The molecule has 0 spiro atoms. The molecule has 0 radical (unpaired) electrons. The average Bonchev–Trinajstić information content (AvgIpc) is 3.01. The lowest BCUT2D eigenvalue weighted by atomic mass is 10.2. The van der Waals surface area contributed by atoms with Crippen molar-refractivity contribution < 1.29 is 5.11 Å². The van der Waals surface area contributed by atoms with Gasteiger partial charge in [0.1, 0.15) is 5.75 Å². The van der Waals surface area contributed by atoms with Crippen molar-refractivity contribution in [1.82, 2.24) is 9.38 Å². The molecule has 4 nitrogen and oxygen atoms in total. The van der Waals surface area contributed by atoms with Gasteiger partial charge in [-0.3, -0.25) is 4.79 Å². The summed E-state index contributed by atoms with van der Waals surface area (Å²) in [6.07, 6.45) is 1.73. The Morgan fingerprint density at radius 1 is 1.22 bits per heavy atom. The number of phenols is 1. The number of hydrogen-bond acceptors (Lipinski definition) is 4. The maximum atomic E-state index is 12.7. The standard InChI is InChI=1S/C16H8I2N2O2S/c17-9-5-8(14(21)10(18)7-9)6-13-15(22)20-12-4-2-1-3-11(12)19-16(20)23-13/h1-7,21H. The molecule has 0 aliphatic carbocycles. The molecule has 0 saturated heterocycles. The Balaban J connectivity index is 2.04. The Morgan fingerprint density at radius 2 is 2.00 bits per heavy atom. The molecule has 2 heterocycles. The monoisotopic (exact) mass is 546 g/mol. The summed E-state index contributed by atoms with van der Waals surface area (Å²) in [4.78, 5) is 17.9. The zero-order valence-electron chi connectivity index (χ0n) is 11.5. The van der Waals surface area contributed by atoms with E-state index in [-0.39, 0.29) is 11.3 Å². The molecule has 2 aromatic heterocycles. The minimum absolute atomic E-state index is 0.105. The lowest BCUT2D eigenvalue weighted by Crippen LogP contribution is -2.22. The molecule has 0 bridgehead atoms. The van der Waals surface area contributed by atoms with Crippen LogP contribution in [0.2, 0.25) is 0 Å². The molecule has 0 amide bonds. The molecule has 1 N–H and O–H groups in total. The normalized spacial score (nSPS) is 12.5. The minimum atomic E-state index is -0.105. The summed E-state index contributed by atoms with van der Waals surface area (Å²) in [5, 5.41) is 10.2. The highest BCUT2D eigenvalue weighted by Gasteiger charge is 2.12. The first-order valence-corrected chi connectivity index (χ1v) is 9.62. The van der Waals surface area contributed by atoms with Crippen LogP contribution in [0.15, 0.2) is 41.2 Å². The summed E-state index contributed by atoms with van der Waals surface area (Å²) in [6, 6.07) is 11.3. The van der Waals surface area contributed by atoms with E-state index < -0.39 is 0 Å². The van der Waals surface area contributed by atoms with Gasteiger partial charge in [0.25, 0.3) is 5.56 Å². The summed E-state index contributed by atoms with van der Waals surface area (Å²) in [6.45, 7) is 0. The molecule has 0 aliphatic rings. The van der Waals surface area contributed by atoms with Gasteiger partial charge >= 0.3 is 0 Å². The number of rotatable bonds is 1. The van der Waals surface area contributed by atoms with E-state index in [0.717, 1.165) is 18.2 Å². The third kappa shape index (κ3) is 2.54. The zero-order chi connectivity index (χ0) is 16.1. The maximum Gasteiger partial charge on any atom is 0.274 e. The second-order valence-corrected chi connectivity index (χ2v) is 8.38. The number of thiazole rings is 1. The van der Waals surface area contributed by atoms with Gasteiger partial charge in [0.2, 0.25) is 0 Å². The van der Waals surface area contributed by atoms with Crippen LogP contribution in [0.5, 0.6) is 5.75 Å². The maximum absolute atomic E-state index is 12.7. The van der Waals surface area contributed by atoms with Crippen LogP contribution < -0.4 is 10.1 Å². The largest absolute Gasteiger partial charge is 0.506 e.